The van der Waals surface area contributed by atoms with Crippen LogP contribution in [0, 0.1) is 5.82 Å². The van der Waals surface area contributed by atoms with Gasteiger partial charge in [0.25, 0.3) is 0 Å². The van der Waals surface area contributed by atoms with E-state index in [9.17, 15) is 22.1 Å². The summed E-state index contributed by atoms with van der Waals surface area (Å²) in [4.78, 5) is 0. The first-order chi connectivity index (χ1) is 10.1. The molecule has 0 saturated carbocycles. The van der Waals surface area contributed by atoms with Crippen molar-refractivity contribution in [3.63, 3.8) is 0 Å². The van der Waals surface area contributed by atoms with Crippen molar-refractivity contribution in [2.24, 2.45) is 5.73 Å². The third-order valence-corrected chi connectivity index (χ3v) is 4.67. The van der Waals surface area contributed by atoms with Crippen LogP contribution in [0.15, 0.2) is 18.2 Å². The maximum absolute atomic E-state index is 13.8. The Bertz CT molecular complexity index is 542. The van der Waals surface area contributed by atoms with Crippen LogP contribution in [0.3, 0.4) is 0 Å². The van der Waals surface area contributed by atoms with Crippen LogP contribution in [0.2, 0.25) is 0 Å². The zero-order chi connectivity index (χ0) is 17.0. The van der Waals surface area contributed by atoms with E-state index in [1.807, 2.05) is 0 Å². The lowest BCUT2D eigenvalue weighted by Crippen LogP contribution is -2.19. The normalized spacial score (nSPS) is 14.0. The van der Waals surface area contributed by atoms with Gasteiger partial charge in [-0.2, -0.15) is 0 Å². The summed E-state index contributed by atoms with van der Waals surface area (Å²) in [7, 11) is -3.93. The van der Waals surface area contributed by atoms with Crippen LogP contribution >= 0.6 is 7.60 Å². The van der Waals surface area contributed by atoms with Gasteiger partial charge in [0.15, 0.2) is 0 Å². The van der Waals surface area contributed by atoms with Crippen LogP contribution < -0.4 is 10.5 Å². The average Bonchev–Trinajstić information content (AvgIpc) is 2.39. The molecule has 0 unspecified atom stereocenters. The fraction of sp³-hybridized carbons (Fsp3) is 0.500. The molecular formula is C12H16F4NO4P. The first-order valence-electron chi connectivity index (χ1n) is 6.32. The molecule has 0 saturated heterocycles. The van der Waals surface area contributed by atoms with Crippen molar-refractivity contribution in [2.75, 3.05) is 13.2 Å². The van der Waals surface area contributed by atoms with Crippen molar-refractivity contribution in [3.8, 4) is 5.75 Å². The quantitative estimate of drug-likeness (QED) is 0.599. The number of rotatable bonds is 7. The van der Waals surface area contributed by atoms with Gasteiger partial charge in [0.1, 0.15) is 17.3 Å². The van der Waals surface area contributed by atoms with E-state index in [1.54, 1.807) is 0 Å². The highest BCUT2D eigenvalue weighted by Gasteiger charge is 2.37. The number of hydrogen-bond donors (Lipinski definition) is 1. The zero-order valence-corrected chi connectivity index (χ0v) is 12.8. The van der Waals surface area contributed by atoms with Gasteiger partial charge >= 0.3 is 14.0 Å². The van der Waals surface area contributed by atoms with Crippen molar-refractivity contribution in [2.45, 2.75) is 26.0 Å². The molecule has 5 nitrogen and oxygen atoms in total. The summed E-state index contributed by atoms with van der Waals surface area (Å²) in [5, 5.41) is 0. The van der Waals surface area contributed by atoms with Crippen LogP contribution in [0.5, 0.6) is 5.75 Å². The third-order valence-electron chi connectivity index (χ3n) is 2.48. The van der Waals surface area contributed by atoms with Gasteiger partial charge in [0.2, 0.25) is 0 Å². The second-order valence-electron chi connectivity index (χ2n) is 4.05. The highest BCUT2D eigenvalue weighted by Crippen LogP contribution is 2.58. The maximum Gasteiger partial charge on any atom is 0.573 e. The van der Waals surface area contributed by atoms with Crippen LogP contribution in [-0.2, 0) is 13.6 Å². The highest BCUT2D eigenvalue weighted by molar-refractivity contribution is 7.54. The molecule has 0 aliphatic carbocycles. The van der Waals surface area contributed by atoms with E-state index >= 15 is 0 Å². The number of halogens is 4. The monoisotopic (exact) mass is 345 g/mol. The summed E-state index contributed by atoms with van der Waals surface area (Å²) in [6.07, 6.45) is -4.94. The minimum atomic E-state index is -4.94. The fourth-order valence-corrected chi connectivity index (χ4v) is 3.33. The van der Waals surface area contributed by atoms with Gasteiger partial charge < -0.3 is 19.5 Å². The largest absolute Gasteiger partial charge is 0.573 e. The summed E-state index contributed by atoms with van der Waals surface area (Å²) in [5.41, 5.74) is 5.24. The first kappa shape index (κ1) is 18.9. The predicted molar refractivity (Wildman–Crippen MR) is 70.9 cm³/mol. The zero-order valence-electron chi connectivity index (χ0n) is 11.9. The van der Waals surface area contributed by atoms with E-state index in [0.717, 1.165) is 18.2 Å². The summed E-state index contributed by atoms with van der Waals surface area (Å²) in [6.45, 7) is 3.01. The van der Waals surface area contributed by atoms with Crippen LogP contribution in [0.4, 0.5) is 17.6 Å². The van der Waals surface area contributed by atoms with Gasteiger partial charge in [-0.25, -0.2) is 4.39 Å². The maximum atomic E-state index is 13.8. The average molecular weight is 345 g/mol. The summed E-state index contributed by atoms with van der Waals surface area (Å²) in [6, 6.07) is 2.24. The van der Waals surface area contributed by atoms with Gasteiger partial charge in [0, 0.05) is 5.56 Å². The van der Waals surface area contributed by atoms with Crippen LogP contribution in [0.25, 0.3) is 0 Å². The molecule has 1 rings (SSSR count). The molecule has 0 radical (unpaired) electrons. The highest BCUT2D eigenvalue weighted by atomic mass is 31.2. The Morgan fingerprint density at radius 3 is 2.23 bits per heavy atom. The number of ether oxygens (including phenoxy) is 1. The predicted octanol–water partition coefficient (Wildman–Crippen LogP) is 3.95. The molecule has 0 aromatic heterocycles. The molecule has 22 heavy (non-hydrogen) atoms. The molecule has 2 N–H and O–H groups in total. The molecule has 1 atom stereocenters. The van der Waals surface area contributed by atoms with Gasteiger partial charge in [0.05, 0.1) is 13.2 Å². The van der Waals surface area contributed by atoms with Crippen molar-refractivity contribution in [3.05, 3.63) is 29.6 Å². The Labute approximate surface area is 124 Å². The van der Waals surface area contributed by atoms with E-state index in [1.165, 1.54) is 13.8 Å². The van der Waals surface area contributed by atoms with Gasteiger partial charge in [-0.1, -0.05) is 0 Å². The lowest BCUT2D eigenvalue weighted by atomic mass is 10.2. The Balaban J connectivity index is 3.17. The van der Waals surface area contributed by atoms with Gasteiger partial charge in [-0.05, 0) is 32.0 Å². The van der Waals surface area contributed by atoms with Crippen molar-refractivity contribution < 1.29 is 35.9 Å². The summed E-state index contributed by atoms with van der Waals surface area (Å²) < 4.78 is 76.5. The molecule has 1 aromatic carbocycles. The molecule has 10 heteroatoms. The second kappa shape index (κ2) is 7.41. The van der Waals surface area contributed by atoms with E-state index < -0.39 is 36.9 Å². The van der Waals surface area contributed by atoms with E-state index in [4.69, 9.17) is 14.8 Å². The molecule has 0 heterocycles. The molecule has 126 valence electrons. The standard InChI is InChI=1S/C12H16F4NO4P/c1-3-19-22(18,20-4-2)11(17)9-7-8(5-6-10(9)13)21-12(14,15)16/h5-7,11H,3-4,17H2,1-2H3/t11-/m0/s1. The first-order valence-corrected chi connectivity index (χ1v) is 7.93. The summed E-state index contributed by atoms with van der Waals surface area (Å²) >= 11 is 0. The molecule has 0 bridgehead atoms. The second-order valence-corrected chi connectivity index (χ2v) is 6.20. The van der Waals surface area contributed by atoms with Crippen molar-refractivity contribution >= 4 is 7.60 Å². The summed E-state index contributed by atoms with van der Waals surface area (Å²) in [5.74, 6) is -3.20. The Hall–Kier alpha value is -1.15. The fourth-order valence-electron chi connectivity index (χ4n) is 1.67. The van der Waals surface area contributed by atoms with Crippen LogP contribution in [0.1, 0.15) is 25.2 Å². The van der Waals surface area contributed by atoms with E-state index in [2.05, 4.69) is 4.74 Å². The van der Waals surface area contributed by atoms with Crippen molar-refractivity contribution in [1.82, 2.24) is 0 Å². The topological polar surface area (TPSA) is 70.8 Å². The van der Waals surface area contributed by atoms with E-state index in [0.29, 0.717) is 0 Å². The van der Waals surface area contributed by atoms with E-state index in [-0.39, 0.29) is 13.2 Å². The molecule has 0 aliphatic heterocycles. The van der Waals surface area contributed by atoms with Gasteiger partial charge in [-0.15, -0.1) is 13.2 Å². The number of nitrogens with two attached hydrogens (primary N) is 1. The number of benzene rings is 1. The third kappa shape index (κ3) is 4.95. The molecule has 0 aliphatic rings. The Morgan fingerprint density at radius 2 is 1.77 bits per heavy atom. The number of alkyl halides is 3. The molecule has 0 spiro atoms. The minimum absolute atomic E-state index is 0.0225. The Morgan fingerprint density at radius 1 is 1.23 bits per heavy atom. The molecule has 1 aromatic rings. The minimum Gasteiger partial charge on any atom is -0.406 e. The SMILES string of the molecule is CCOP(=O)(OCC)[C@H](N)c1cc(OC(F)(F)F)ccc1F. The van der Waals surface area contributed by atoms with Crippen molar-refractivity contribution in [1.29, 1.82) is 0 Å². The van der Waals surface area contributed by atoms with Gasteiger partial charge in [-0.3, -0.25) is 4.57 Å². The lowest BCUT2D eigenvalue weighted by molar-refractivity contribution is -0.274. The number of hydrogen-bond acceptors (Lipinski definition) is 5. The Kier molecular flexibility index (Phi) is 6.37. The van der Waals surface area contributed by atoms with Crippen LogP contribution in [-0.4, -0.2) is 19.6 Å². The molecular weight excluding hydrogens is 329 g/mol. The molecule has 0 fully saturated rings. The molecule has 0 amide bonds. The smallest absolute Gasteiger partial charge is 0.406 e. The lowest BCUT2D eigenvalue weighted by Gasteiger charge is -2.24.